The van der Waals surface area contributed by atoms with Crippen molar-refractivity contribution in [3.63, 3.8) is 0 Å². The Morgan fingerprint density at radius 3 is 2.59 bits per heavy atom. The molecule has 4 unspecified atom stereocenters. The number of halogens is 2. The summed E-state index contributed by atoms with van der Waals surface area (Å²) in [5.41, 5.74) is 2.72. The molecular formula is C34H42F2N4O4. The molecule has 10 heteroatoms. The second-order valence-corrected chi connectivity index (χ2v) is 11.3. The fraction of sp³-hybridized carbons (Fsp3) is 0.412. The van der Waals surface area contributed by atoms with Crippen LogP contribution < -0.4 is 10.6 Å². The number of nitrogens with one attached hydrogen (secondary N) is 2. The Hall–Kier alpha value is -4.18. The van der Waals surface area contributed by atoms with E-state index in [0.29, 0.717) is 41.7 Å². The van der Waals surface area contributed by atoms with Gasteiger partial charge in [-0.2, -0.15) is 5.10 Å². The highest BCUT2D eigenvalue weighted by Crippen LogP contribution is 2.23. The molecule has 44 heavy (non-hydrogen) atoms. The lowest BCUT2D eigenvalue weighted by Gasteiger charge is -2.30. The van der Waals surface area contributed by atoms with Gasteiger partial charge in [-0.25, -0.2) is 13.5 Å². The molecular weight excluding hydrogens is 566 g/mol. The Labute approximate surface area is 257 Å². The molecule has 0 saturated carbocycles. The highest BCUT2D eigenvalue weighted by atomic mass is 19.1. The molecule has 2 amide bonds. The Morgan fingerprint density at radius 1 is 1.18 bits per heavy atom. The van der Waals surface area contributed by atoms with E-state index in [0.717, 1.165) is 11.9 Å². The van der Waals surface area contributed by atoms with Crippen LogP contribution in [0.1, 0.15) is 58.2 Å². The molecule has 2 aliphatic rings. The first-order valence-electron chi connectivity index (χ1n) is 14.8. The summed E-state index contributed by atoms with van der Waals surface area (Å²) < 4.78 is 28.8. The number of amides is 2. The van der Waals surface area contributed by atoms with Crippen molar-refractivity contribution in [3.8, 4) is 0 Å². The van der Waals surface area contributed by atoms with E-state index in [9.17, 15) is 28.3 Å². The Bertz CT molecular complexity index is 1460. The molecule has 0 saturated heterocycles. The van der Waals surface area contributed by atoms with Gasteiger partial charge >= 0.3 is 0 Å². The number of carbonyl (C=O) groups excluding carboxylic acids is 3. The van der Waals surface area contributed by atoms with Crippen LogP contribution in [0.2, 0.25) is 0 Å². The van der Waals surface area contributed by atoms with E-state index in [-0.39, 0.29) is 35.5 Å². The quantitative estimate of drug-likeness (QED) is 0.153. The average Bonchev–Trinajstić information content (AvgIpc) is 3.28. The molecule has 0 aliphatic heterocycles. The zero-order chi connectivity index (χ0) is 32.4. The van der Waals surface area contributed by atoms with Crippen molar-refractivity contribution in [1.82, 2.24) is 20.4 Å². The van der Waals surface area contributed by atoms with Gasteiger partial charge in [-0.1, -0.05) is 50.3 Å². The van der Waals surface area contributed by atoms with Gasteiger partial charge < -0.3 is 15.7 Å². The minimum atomic E-state index is -0.953. The smallest absolute Gasteiger partial charge is 0.270 e. The second kappa shape index (κ2) is 16.0. The predicted molar refractivity (Wildman–Crippen MR) is 167 cm³/mol. The summed E-state index contributed by atoms with van der Waals surface area (Å²) in [7, 11) is 0. The number of hydrogen-bond acceptors (Lipinski definition) is 5. The molecule has 2 aliphatic carbocycles. The molecule has 3 N–H and O–H groups in total. The first-order chi connectivity index (χ1) is 21.0. The fourth-order valence-electron chi connectivity index (χ4n) is 5.22. The monoisotopic (exact) mass is 608 g/mol. The molecule has 0 radical (unpaired) electrons. The zero-order valence-electron chi connectivity index (χ0n) is 25.9. The van der Waals surface area contributed by atoms with Gasteiger partial charge in [0.2, 0.25) is 0 Å². The standard InChI is InChI=1S/C34H42F2N4O4/c1-6-27(33(43)37-18-25-10-8-12-29(36)23(4)15-25)16-30(40-24(5)28(17-35)19-38-40)34(44)39-32-22(3)9-7-11-26(20-41)13-21(2)14-31(32)42/h6-9,12-13,15-16,19-22,31-32,42H,10-11,14,17-18H2,1-5H3,(H,37,43)(H,39,44)/b9-7-,26-13+,27-6-,30-16-. The zero-order valence-corrected chi connectivity index (χ0v) is 25.9. The van der Waals surface area contributed by atoms with Crippen LogP contribution in [0.15, 0.2) is 82.9 Å². The molecule has 236 valence electrons. The van der Waals surface area contributed by atoms with Crippen LogP contribution >= 0.6 is 0 Å². The first kappa shape index (κ1) is 34.3. The molecule has 4 atom stereocenters. The third-order valence-corrected chi connectivity index (χ3v) is 7.83. The number of hydrogen-bond donors (Lipinski definition) is 3. The van der Waals surface area contributed by atoms with E-state index in [2.05, 4.69) is 15.7 Å². The van der Waals surface area contributed by atoms with Crippen LogP contribution in [0.3, 0.4) is 0 Å². The summed E-state index contributed by atoms with van der Waals surface area (Å²) in [5.74, 6) is -1.83. The summed E-state index contributed by atoms with van der Waals surface area (Å²) >= 11 is 0. The normalized spacial score (nSPS) is 25.4. The van der Waals surface area contributed by atoms with E-state index in [4.69, 9.17) is 0 Å². The highest BCUT2D eigenvalue weighted by Gasteiger charge is 2.30. The van der Waals surface area contributed by atoms with Gasteiger partial charge in [0.15, 0.2) is 0 Å². The number of aliphatic hydroxyl groups excluding tert-OH is 1. The van der Waals surface area contributed by atoms with Crippen molar-refractivity contribution in [2.45, 2.75) is 72.7 Å². The van der Waals surface area contributed by atoms with Crippen molar-refractivity contribution >= 4 is 23.8 Å². The minimum Gasteiger partial charge on any atom is -0.391 e. The molecule has 3 rings (SSSR count). The van der Waals surface area contributed by atoms with Gasteiger partial charge in [0.05, 0.1) is 18.3 Å². The van der Waals surface area contributed by atoms with E-state index in [1.807, 2.05) is 32.1 Å². The molecule has 8 nitrogen and oxygen atoms in total. The van der Waals surface area contributed by atoms with Gasteiger partial charge in [0.25, 0.3) is 11.8 Å². The maximum absolute atomic E-state index is 13.9. The molecule has 1 aromatic rings. The highest BCUT2D eigenvalue weighted by molar-refractivity contribution is 6.16. The van der Waals surface area contributed by atoms with Gasteiger partial charge in [0, 0.05) is 23.4 Å². The van der Waals surface area contributed by atoms with Crippen molar-refractivity contribution in [2.75, 3.05) is 6.54 Å². The summed E-state index contributed by atoms with van der Waals surface area (Å²) in [5, 5.41) is 21.2. The Balaban J connectivity index is 1.92. The van der Waals surface area contributed by atoms with Gasteiger partial charge in [0.1, 0.15) is 24.5 Å². The van der Waals surface area contributed by atoms with Crippen LogP contribution in [0.4, 0.5) is 8.78 Å². The van der Waals surface area contributed by atoms with E-state index in [1.54, 1.807) is 39.0 Å². The number of rotatable bonds is 9. The van der Waals surface area contributed by atoms with Gasteiger partial charge in [-0.15, -0.1) is 0 Å². The number of alkyl halides is 1. The van der Waals surface area contributed by atoms with Crippen molar-refractivity contribution in [2.24, 2.45) is 11.8 Å². The molecule has 0 bridgehead atoms. The van der Waals surface area contributed by atoms with E-state index in [1.165, 1.54) is 23.0 Å². The molecule has 1 heterocycles. The van der Waals surface area contributed by atoms with Gasteiger partial charge in [-0.3, -0.25) is 14.4 Å². The SMILES string of the molecule is C/C=C(/C=C(/C(=O)NC1C(C)/C=C\C/C(C=O)=C\C(C)CC1O)n1ncc(CF)c1C)C(=O)NCC1=CC(C)=C(F)C=CC1. The fourth-order valence-corrected chi connectivity index (χ4v) is 5.22. The second-order valence-electron chi connectivity index (χ2n) is 11.3. The van der Waals surface area contributed by atoms with Crippen LogP contribution in [0, 0.1) is 18.8 Å². The number of aromatic nitrogens is 2. The van der Waals surface area contributed by atoms with Crippen LogP contribution in [-0.2, 0) is 21.1 Å². The summed E-state index contributed by atoms with van der Waals surface area (Å²) in [6.45, 7) is 8.07. The predicted octanol–water partition coefficient (Wildman–Crippen LogP) is 5.29. The Morgan fingerprint density at radius 2 is 1.93 bits per heavy atom. The third-order valence-electron chi connectivity index (χ3n) is 7.83. The lowest BCUT2D eigenvalue weighted by atomic mass is 9.88. The van der Waals surface area contributed by atoms with Crippen LogP contribution in [0.25, 0.3) is 5.70 Å². The molecule has 0 aromatic carbocycles. The number of allylic oxidation sites excluding steroid dienone is 9. The van der Waals surface area contributed by atoms with E-state index < -0.39 is 30.6 Å². The third kappa shape index (κ3) is 8.92. The largest absolute Gasteiger partial charge is 0.391 e. The lowest BCUT2D eigenvalue weighted by Crippen LogP contribution is -2.48. The average molecular weight is 609 g/mol. The summed E-state index contributed by atoms with van der Waals surface area (Å²) in [4.78, 5) is 38.6. The Kier molecular flexibility index (Phi) is 12.5. The minimum absolute atomic E-state index is 0.0282. The maximum Gasteiger partial charge on any atom is 0.270 e. The molecule has 0 spiro atoms. The number of carbonyl (C=O) groups is 3. The van der Waals surface area contributed by atoms with E-state index >= 15 is 0 Å². The summed E-state index contributed by atoms with van der Waals surface area (Å²) in [6.07, 6.45) is 15.6. The first-order valence-corrected chi connectivity index (χ1v) is 14.8. The van der Waals surface area contributed by atoms with Crippen molar-refractivity contribution in [3.05, 3.63) is 94.2 Å². The topological polar surface area (TPSA) is 113 Å². The lowest BCUT2D eigenvalue weighted by molar-refractivity contribution is -0.118. The van der Waals surface area contributed by atoms with Gasteiger partial charge in [-0.05, 0) is 80.7 Å². The van der Waals surface area contributed by atoms with Crippen LogP contribution in [0.5, 0.6) is 0 Å². The maximum atomic E-state index is 13.9. The molecule has 1 aromatic heterocycles. The molecule has 0 fully saturated rings. The number of aliphatic hydroxyl groups is 1. The van der Waals surface area contributed by atoms with Crippen LogP contribution in [-0.4, -0.2) is 51.7 Å². The number of aldehydes is 1. The van der Waals surface area contributed by atoms with Crippen molar-refractivity contribution in [1.29, 1.82) is 0 Å². The van der Waals surface area contributed by atoms with Crippen molar-refractivity contribution < 1.29 is 28.3 Å². The summed E-state index contributed by atoms with van der Waals surface area (Å²) in [6, 6.07) is -0.706. The number of nitrogens with zero attached hydrogens (tertiary/aromatic N) is 2.